The first kappa shape index (κ1) is 17.9. The highest BCUT2D eigenvalue weighted by Crippen LogP contribution is 2.38. The topological polar surface area (TPSA) is 103 Å². The molecule has 1 aliphatic heterocycles. The fraction of sp³-hybridized carbons (Fsp3) is 0.500. The molecule has 8 nitrogen and oxygen atoms in total. The number of benzene rings is 1. The fourth-order valence-electron chi connectivity index (χ4n) is 2.55. The summed E-state index contributed by atoms with van der Waals surface area (Å²) in [7, 11) is 4.54. The number of hydrogen-bond donors (Lipinski definition) is 2. The number of carboxylic acid groups (broad SMARTS) is 1. The van der Waals surface area contributed by atoms with Gasteiger partial charge in [-0.15, -0.1) is 0 Å². The Bertz CT molecular complexity index is 591. The van der Waals surface area contributed by atoms with Crippen LogP contribution in [0, 0.1) is 0 Å². The summed E-state index contributed by atoms with van der Waals surface area (Å²) in [6, 6.07) is 3.47. The van der Waals surface area contributed by atoms with E-state index in [1.54, 1.807) is 12.1 Å². The number of ether oxygens (including phenoxy) is 4. The highest BCUT2D eigenvalue weighted by Gasteiger charge is 2.34. The summed E-state index contributed by atoms with van der Waals surface area (Å²) >= 11 is 0. The van der Waals surface area contributed by atoms with Gasteiger partial charge in [0.05, 0.1) is 21.3 Å². The first-order chi connectivity index (χ1) is 11.5. The Balaban J connectivity index is 2.01. The second-order valence-electron chi connectivity index (χ2n) is 5.28. The number of methoxy groups -OCH3 is 3. The Kier molecular flexibility index (Phi) is 5.86. The largest absolute Gasteiger partial charge is 0.493 e. The van der Waals surface area contributed by atoms with Gasteiger partial charge in [-0.2, -0.15) is 0 Å². The molecule has 1 aromatic rings. The maximum atomic E-state index is 12.1. The Morgan fingerprint density at radius 2 is 1.71 bits per heavy atom. The van der Waals surface area contributed by atoms with E-state index in [0.29, 0.717) is 30.1 Å². The summed E-state index contributed by atoms with van der Waals surface area (Å²) in [6.07, 6.45) is -0.939. The third-order valence-electron chi connectivity index (χ3n) is 3.78. The third kappa shape index (κ3) is 3.88. The molecule has 0 spiro atoms. The van der Waals surface area contributed by atoms with Crippen molar-refractivity contribution >= 4 is 11.9 Å². The van der Waals surface area contributed by atoms with Gasteiger partial charge >= 0.3 is 5.97 Å². The van der Waals surface area contributed by atoms with E-state index in [1.165, 1.54) is 21.3 Å². The molecule has 8 heteroatoms. The first-order valence-corrected chi connectivity index (χ1v) is 7.45. The molecular formula is C16H21NO7. The SMILES string of the molecule is COc1cc(CNC(=O)[C@@H]2CC[C@H](C(=O)O)O2)cc(OC)c1OC. The highest BCUT2D eigenvalue weighted by molar-refractivity contribution is 5.82. The van der Waals surface area contributed by atoms with Crippen molar-refractivity contribution in [1.82, 2.24) is 5.32 Å². The van der Waals surface area contributed by atoms with Crippen molar-refractivity contribution in [3.63, 3.8) is 0 Å². The number of carbonyl (C=O) groups is 2. The molecule has 1 amide bonds. The molecule has 2 rings (SSSR count). The Morgan fingerprint density at radius 1 is 1.12 bits per heavy atom. The number of rotatable bonds is 7. The molecule has 2 N–H and O–H groups in total. The molecule has 0 saturated carbocycles. The summed E-state index contributed by atoms with van der Waals surface area (Å²) in [5.74, 6) is 0.0641. The second-order valence-corrected chi connectivity index (χ2v) is 5.28. The van der Waals surface area contributed by atoms with Gasteiger partial charge in [0, 0.05) is 6.54 Å². The van der Waals surface area contributed by atoms with Crippen molar-refractivity contribution in [3.8, 4) is 17.2 Å². The smallest absolute Gasteiger partial charge is 0.332 e. The van der Waals surface area contributed by atoms with Crippen LogP contribution in [0.15, 0.2) is 12.1 Å². The molecule has 0 radical (unpaired) electrons. The van der Waals surface area contributed by atoms with Crippen LogP contribution in [0.2, 0.25) is 0 Å². The van der Waals surface area contributed by atoms with Crippen LogP contribution in [-0.2, 0) is 20.9 Å². The van der Waals surface area contributed by atoms with E-state index in [0.717, 1.165) is 5.56 Å². The van der Waals surface area contributed by atoms with Gasteiger partial charge in [-0.05, 0) is 30.5 Å². The van der Waals surface area contributed by atoms with Crippen molar-refractivity contribution in [1.29, 1.82) is 0 Å². The molecule has 132 valence electrons. The minimum absolute atomic E-state index is 0.229. The quantitative estimate of drug-likeness (QED) is 0.762. The predicted molar refractivity (Wildman–Crippen MR) is 83.5 cm³/mol. The minimum atomic E-state index is -1.05. The van der Waals surface area contributed by atoms with Crippen molar-refractivity contribution in [2.75, 3.05) is 21.3 Å². The molecule has 1 saturated heterocycles. The van der Waals surface area contributed by atoms with E-state index in [-0.39, 0.29) is 12.5 Å². The molecule has 0 aliphatic carbocycles. The summed E-state index contributed by atoms with van der Waals surface area (Å²) < 4.78 is 21.0. The predicted octanol–water partition coefficient (Wildman–Crippen LogP) is 0.961. The van der Waals surface area contributed by atoms with Gasteiger partial charge in [0.1, 0.15) is 6.10 Å². The average Bonchev–Trinajstić information content (AvgIpc) is 3.09. The summed E-state index contributed by atoms with van der Waals surface area (Å²) in [6.45, 7) is 0.229. The molecule has 0 bridgehead atoms. The van der Waals surface area contributed by atoms with E-state index < -0.39 is 18.2 Å². The number of hydrogen-bond acceptors (Lipinski definition) is 6. The van der Waals surface area contributed by atoms with Gasteiger partial charge in [0.15, 0.2) is 17.6 Å². The van der Waals surface area contributed by atoms with E-state index in [9.17, 15) is 9.59 Å². The molecule has 24 heavy (non-hydrogen) atoms. The maximum Gasteiger partial charge on any atom is 0.332 e. The number of carboxylic acids is 1. The standard InChI is InChI=1S/C16H21NO7/c1-21-12-6-9(7-13(22-2)14(12)23-3)8-17-15(18)10-4-5-11(24-10)16(19)20/h6-7,10-11H,4-5,8H2,1-3H3,(H,17,18)(H,19,20)/t10-,11+/m0/s1. The van der Waals surface area contributed by atoms with Gasteiger partial charge < -0.3 is 29.4 Å². The normalized spacial score (nSPS) is 19.6. The van der Waals surface area contributed by atoms with Gasteiger partial charge in [0.2, 0.25) is 11.7 Å². The number of aliphatic carboxylic acids is 1. The van der Waals surface area contributed by atoms with Crippen LogP contribution in [0.1, 0.15) is 18.4 Å². The van der Waals surface area contributed by atoms with Crippen molar-refractivity contribution < 1.29 is 33.6 Å². The number of amides is 1. The van der Waals surface area contributed by atoms with Gasteiger partial charge in [-0.1, -0.05) is 0 Å². The molecular weight excluding hydrogens is 318 g/mol. The minimum Gasteiger partial charge on any atom is -0.493 e. The molecule has 1 fully saturated rings. The molecule has 0 unspecified atom stereocenters. The van der Waals surface area contributed by atoms with E-state index >= 15 is 0 Å². The van der Waals surface area contributed by atoms with E-state index in [1.807, 2.05) is 0 Å². The first-order valence-electron chi connectivity index (χ1n) is 7.45. The lowest BCUT2D eigenvalue weighted by Gasteiger charge is -2.15. The van der Waals surface area contributed by atoms with Crippen molar-refractivity contribution in [2.45, 2.75) is 31.6 Å². The zero-order valence-corrected chi connectivity index (χ0v) is 13.8. The summed E-state index contributed by atoms with van der Waals surface area (Å²) in [4.78, 5) is 23.0. The monoisotopic (exact) mass is 339 g/mol. The maximum absolute atomic E-state index is 12.1. The number of carbonyl (C=O) groups excluding carboxylic acids is 1. The fourth-order valence-corrected chi connectivity index (χ4v) is 2.55. The summed E-state index contributed by atoms with van der Waals surface area (Å²) in [5.41, 5.74) is 0.755. The van der Waals surface area contributed by atoms with Crippen LogP contribution in [0.25, 0.3) is 0 Å². The van der Waals surface area contributed by atoms with Crippen molar-refractivity contribution in [2.24, 2.45) is 0 Å². The third-order valence-corrected chi connectivity index (χ3v) is 3.78. The van der Waals surface area contributed by atoms with Crippen LogP contribution in [0.5, 0.6) is 17.2 Å². The van der Waals surface area contributed by atoms with Crippen LogP contribution in [0.3, 0.4) is 0 Å². The summed E-state index contributed by atoms with van der Waals surface area (Å²) in [5, 5.41) is 11.6. The molecule has 1 aromatic carbocycles. The number of nitrogens with one attached hydrogen (secondary N) is 1. The lowest BCUT2D eigenvalue weighted by molar-refractivity contribution is -0.151. The zero-order valence-electron chi connectivity index (χ0n) is 13.8. The molecule has 1 aliphatic rings. The van der Waals surface area contributed by atoms with Gasteiger partial charge in [-0.3, -0.25) is 4.79 Å². The Morgan fingerprint density at radius 3 is 2.17 bits per heavy atom. The zero-order chi connectivity index (χ0) is 17.7. The van der Waals surface area contributed by atoms with Crippen molar-refractivity contribution in [3.05, 3.63) is 17.7 Å². The molecule has 1 heterocycles. The second kappa shape index (κ2) is 7.87. The van der Waals surface area contributed by atoms with Gasteiger partial charge in [0.25, 0.3) is 0 Å². The Labute approximate surface area is 139 Å². The van der Waals surface area contributed by atoms with Crippen LogP contribution < -0.4 is 19.5 Å². The van der Waals surface area contributed by atoms with Crippen LogP contribution >= 0.6 is 0 Å². The lowest BCUT2D eigenvalue weighted by Crippen LogP contribution is -2.35. The average molecular weight is 339 g/mol. The lowest BCUT2D eigenvalue weighted by atomic mass is 10.1. The Hall–Kier alpha value is -2.48. The van der Waals surface area contributed by atoms with E-state index in [4.69, 9.17) is 24.1 Å². The highest BCUT2D eigenvalue weighted by atomic mass is 16.5. The van der Waals surface area contributed by atoms with Gasteiger partial charge in [-0.25, -0.2) is 4.79 Å². The van der Waals surface area contributed by atoms with Crippen LogP contribution in [-0.4, -0.2) is 50.5 Å². The van der Waals surface area contributed by atoms with Crippen LogP contribution in [0.4, 0.5) is 0 Å². The molecule has 0 aromatic heterocycles. The van der Waals surface area contributed by atoms with E-state index in [2.05, 4.69) is 5.32 Å². The molecule has 2 atom stereocenters.